The largest absolute Gasteiger partial charge is 0.466 e. The van der Waals surface area contributed by atoms with Crippen molar-refractivity contribution in [3.63, 3.8) is 0 Å². The summed E-state index contributed by atoms with van der Waals surface area (Å²) in [6, 6.07) is 5.37. The van der Waals surface area contributed by atoms with E-state index in [0.717, 1.165) is 17.5 Å². The van der Waals surface area contributed by atoms with Crippen LogP contribution in [0, 0.1) is 0 Å². The summed E-state index contributed by atoms with van der Waals surface area (Å²) in [5.41, 5.74) is 2.51. The summed E-state index contributed by atoms with van der Waals surface area (Å²) in [6.07, 6.45) is 0.806. The Bertz CT molecular complexity index is 376. The van der Waals surface area contributed by atoms with Gasteiger partial charge in [0.15, 0.2) is 0 Å². The summed E-state index contributed by atoms with van der Waals surface area (Å²) in [7, 11) is 0. The number of hydrogen-bond donors (Lipinski definition) is 1. The molecule has 0 spiro atoms. The molecule has 0 saturated carbocycles. The van der Waals surface area contributed by atoms with E-state index in [1.165, 1.54) is 0 Å². The minimum absolute atomic E-state index is 0.357. The Morgan fingerprint density at radius 2 is 2.38 bits per heavy atom. The number of benzene rings is 1. The smallest absolute Gasteiger partial charge is 0.261 e. The van der Waals surface area contributed by atoms with E-state index in [1.807, 2.05) is 6.07 Å². The van der Waals surface area contributed by atoms with Crippen LogP contribution in [0.25, 0.3) is 0 Å². The maximum Gasteiger partial charge on any atom is 0.261 e. The predicted octanol–water partition coefficient (Wildman–Crippen LogP) is 1.73. The van der Waals surface area contributed by atoms with E-state index in [0.29, 0.717) is 17.3 Å². The van der Waals surface area contributed by atoms with Crippen molar-refractivity contribution in [2.75, 3.05) is 5.32 Å². The number of thiocarbonyl (C=S) groups is 1. The van der Waals surface area contributed by atoms with Crippen molar-refractivity contribution in [1.29, 1.82) is 0 Å². The molecule has 66 valence electrons. The molecule has 4 heteroatoms. The lowest BCUT2D eigenvalue weighted by Crippen LogP contribution is -2.19. The Kier molecular flexibility index (Phi) is 1.98. The third-order valence-corrected chi connectivity index (χ3v) is 2.09. The predicted molar refractivity (Wildman–Crippen MR) is 52.8 cm³/mol. The molecular weight excluding hydrogens is 186 g/mol. The molecule has 0 atom stereocenters. The molecule has 2 rings (SSSR count). The van der Waals surface area contributed by atoms with E-state index in [1.54, 1.807) is 12.1 Å². The van der Waals surface area contributed by atoms with Gasteiger partial charge >= 0.3 is 0 Å². The van der Waals surface area contributed by atoms with Gasteiger partial charge < -0.3 is 10.1 Å². The summed E-state index contributed by atoms with van der Waals surface area (Å²) < 4.78 is 5.11. The molecule has 0 aliphatic carbocycles. The summed E-state index contributed by atoms with van der Waals surface area (Å²) >= 11 is 4.84. The molecule has 13 heavy (non-hydrogen) atoms. The minimum atomic E-state index is 0.357. The molecule has 0 bridgehead atoms. The van der Waals surface area contributed by atoms with Gasteiger partial charge in [-0.1, -0.05) is 12.1 Å². The number of carbonyl (C=O) groups excluding carboxylic acids is 1. The second-order valence-electron chi connectivity index (χ2n) is 2.74. The standard InChI is InChI=1S/C9H7NO2S/c11-4-6-1-2-7-5-12-9(13)10-8(7)3-6/h1-4H,5H2,(H,10,13). The first-order chi connectivity index (χ1) is 6.29. The van der Waals surface area contributed by atoms with Crippen molar-refractivity contribution in [3.05, 3.63) is 29.3 Å². The molecule has 1 aromatic carbocycles. The van der Waals surface area contributed by atoms with Gasteiger partial charge in [-0.3, -0.25) is 4.79 Å². The maximum absolute atomic E-state index is 10.5. The lowest BCUT2D eigenvalue weighted by atomic mass is 10.1. The van der Waals surface area contributed by atoms with Gasteiger partial charge in [-0.15, -0.1) is 0 Å². The van der Waals surface area contributed by atoms with Crippen LogP contribution >= 0.6 is 12.2 Å². The fourth-order valence-corrected chi connectivity index (χ4v) is 1.37. The van der Waals surface area contributed by atoms with Crippen molar-refractivity contribution in [2.45, 2.75) is 6.61 Å². The number of nitrogens with one attached hydrogen (secondary N) is 1. The summed E-state index contributed by atoms with van der Waals surface area (Å²) in [6.45, 7) is 0.473. The monoisotopic (exact) mass is 193 g/mol. The third kappa shape index (κ3) is 1.53. The fraction of sp³-hybridized carbons (Fsp3) is 0.111. The zero-order chi connectivity index (χ0) is 9.26. The van der Waals surface area contributed by atoms with Gasteiger partial charge in [0.05, 0.1) is 0 Å². The van der Waals surface area contributed by atoms with Crippen LogP contribution in [0.1, 0.15) is 15.9 Å². The molecule has 0 amide bonds. The van der Waals surface area contributed by atoms with Crippen LogP contribution in [0.3, 0.4) is 0 Å². The van der Waals surface area contributed by atoms with Gasteiger partial charge in [0.1, 0.15) is 12.9 Å². The van der Waals surface area contributed by atoms with Gasteiger partial charge in [0.2, 0.25) is 0 Å². The second kappa shape index (κ2) is 3.14. The Hall–Kier alpha value is -1.42. The van der Waals surface area contributed by atoms with E-state index in [9.17, 15) is 4.79 Å². The van der Waals surface area contributed by atoms with Crippen LogP contribution in [-0.2, 0) is 11.3 Å². The fourth-order valence-electron chi connectivity index (χ4n) is 1.20. The average molecular weight is 193 g/mol. The van der Waals surface area contributed by atoms with Crippen LogP contribution in [0.15, 0.2) is 18.2 Å². The van der Waals surface area contributed by atoms with E-state index >= 15 is 0 Å². The van der Waals surface area contributed by atoms with E-state index < -0.39 is 0 Å². The Balaban J connectivity index is 2.43. The lowest BCUT2D eigenvalue weighted by Gasteiger charge is -2.19. The molecule has 0 aromatic heterocycles. The highest BCUT2D eigenvalue weighted by atomic mass is 32.1. The Morgan fingerprint density at radius 1 is 1.54 bits per heavy atom. The number of rotatable bonds is 1. The number of anilines is 1. The van der Waals surface area contributed by atoms with Gasteiger partial charge in [-0.05, 0) is 18.3 Å². The number of ether oxygens (including phenoxy) is 1. The number of hydrogen-bond acceptors (Lipinski definition) is 3. The second-order valence-corrected chi connectivity index (χ2v) is 3.11. The van der Waals surface area contributed by atoms with Crippen molar-refractivity contribution < 1.29 is 9.53 Å². The van der Waals surface area contributed by atoms with Crippen LogP contribution in [0.2, 0.25) is 0 Å². The minimum Gasteiger partial charge on any atom is -0.466 e. The molecule has 0 unspecified atom stereocenters. The number of fused-ring (bicyclic) bond motifs is 1. The van der Waals surface area contributed by atoms with E-state index in [4.69, 9.17) is 17.0 Å². The number of aldehydes is 1. The molecule has 1 aromatic rings. The first kappa shape index (κ1) is 8.19. The zero-order valence-electron chi connectivity index (χ0n) is 6.74. The van der Waals surface area contributed by atoms with Crippen molar-refractivity contribution in [3.8, 4) is 0 Å². The highest BCUT2D eigenvalue weighted by molar-refractivity contribution is 7.80. The molecule has 0 saturated heterocycles. The van der Waals surface area contributed by atoms with E-state index in [-0.39, 0.29) is 0 Å². The van der Waals surface area contributed by atoms with Crippen molar-refractivity contribution in [1.82, 2.24) is 0 Å². The van der Waals surface area contributed by atoms with Gasteiger partial charge in [0, 0.05) is 16.8 Å². The van der Waals surface area contributed by atoms with Gasteiger partial charge in [-0.25, -0.2) is 0 Å². The normalized spacial score (nSPS) is 14.0. The first-order valence-corrected chi connectivity index (χ1v) is 4.22. The van der Waals surface area contributed by atoms with Crippen LogP contribution in [-0.4, -0.2) is 11.5 Å². The number of carbonyl (C=O) groups is 1. The van der Waals surface area contributed by atoms with Crippen molar-refractivity contribution in [2.24, 2.45) is 0 Å². The highest BCUT2D eigenvalue weighted by Gasteiger charge is 2.12. The summed E-state index contributed by atoms with van der Waals surface area (Å²) in [5.74, 6) is 0. The van der Waals surface area contributed by atoms with Crippen LogP contribution in [0.4, 0.5) is 5.69 Å². The van der Waals surface area contributed by atoms with Gasteiger partial charge in [-0.2, -0.15) is 0 Å². The van der Waals surface area contributed by atoms with Crippen LogP contribution < -0.4 is 5.32 Å². The molecule has 1 aliphatic heterocycles. The summed E-state index contributed by atoms with van der Waals surface area (Å²) in [5, 5.41) is 3.24. The lowest BCUT2D eigenvalue weighted by molar-refractivity contribution is 0.112. The molecule has 0 fully saturated rings. The third-order valence-electron chi connectivity index (χ3n) is 1.87. The molecule has 1 heterocycles. The first-order valence-electron chi connectivity index (χ1n) is 3.81. The summed E-state index contributed by atoms with van der Waals surface area (Å²) in [4.78, 5) is 10.5. The average Bonchev–Trinajstić information content (AvgIpc) is 2.16. The SMILES string of the molecule is O=Cc1ccc2c(c1)NC(=S)OC2. The maximum atomic E-state index is 10.5. The highest BCUT2D eigenvalue weighted by Crippen LogP contribution is 2.22. The molecular formula is C9H7NO2S. The topological polar surface area (TPSA) is 38.3 Å². The zero-order valence-corrected chi connectivity index (χ0v) is 7.56. The molecule has 3 nitrogen and oxygen atoms in total. The quantitative estimate of drug-likeness (QED) is 0.544. The van der Waals surface area contributed by atoms with E-state index in [2.05, 4.69) is 5.32 Å². The molecule has 0 radical (unpaired) electrons. The molecule has 1 N–H and O–H groups in total. The van der Waals surface area contributed by atoms with Crippen LogP contribution in [0.5, 0.6) is 0 Å². The Labute approximate surface area is 80.7 Å². The van der Waals surface area contributed by atoms with Gasteiger partial charge in [0.25, 0.3) is 5.17 Å². The Morgan fingerprint density at radius 3 is 3.15 bits per heavy atom. The van der Waals surface area contributed by atoms with Crippen molar-refractivity contribution >= 4 is 29.4 Å². The molecule has 1 aliphatic rings.